The van der Waals surface area contributed by atoms with Gasteiger partial charge in [0.1, 0.15) is 11.3 Å². The Bertz CT molecular complexity index is 1080. The van der Waals surface area contributed by atoms with Gasteiger partial charge in [-0.15, -0.1) is 11.8 Å². The number of amides is 1. The zero-order chi connectivity index (χ0) is 21.1. The number of ether oxygens (including phenoxy) is 1. The van der Waals surface area contributed by atoms with Crippen molar-refractivity contribution in [2.24, 2.45) is 0 Å². The van der Waals surface area contributed by atoms with Crippen molar-refractivity contribution in [2.45, 2.75) is 17.9 Å². The first-order valence-corrected chi connectivity index (χ1v) is 10.6. The standard InChI is InChI=1S/C24H21NO4S/c1-16-8-7-11-18(23(16)27)24(28)29-14-22(26)25-19-12-5-6-13-21(19)30-15-20(25)17-9-3-2-4-10-17/h2-13,20,27H,14-15H2,1H3/t20-/m0/s1. The van der Waals surface area contributed by atoms with Crippen molar-refractivity contribution in [1.29, 1.82) is 0 Å². The number of hydrogen-bond acceptors (Lipinski definition) is 5. The number of anilines is 1. The maximum absolute atomic E-state index is 13.2. The highest BCUT2D eigenvalue weighted by atomic mass is 32.2. The molecule has 0 bridgehead atoms. The maximum atomic E-state index is 13.2. The highest BCUT2D eigenvalue weighted by Gasteiger charge is 2.33. The highest BCUT2D eigenvalue weighted by molar-refractivity contribution is 7.99. The molecule has 1 aliphatic heterocycles. The van der Waals surface area contributed by atoms with E-state index >= 15 is 0 Å². The number of esters is 1. The van der Waals surface area contributed by atoms with Crippen molar-refractivity contribution in [1.82, 2.24) is 0 Å². The fraction of sp³-hybridized carbons (Fsp3) is 0.167. The van der Waals surface area contributed by atoms with Crippen LogP contribution in [0.3, 0.4) is 0 Å². The van der Waals surface area contributed by atoms with E-state index in [1.807, 2.05) is 54.6 Å². The highest BCUT2D eigenvalue weighted by Crippen LogP contribution is 2.43. The molecule has 152 valence electrons. The number of phenols is 1. The van der Waals surface area contributed by atoms with Gasteiger partial charge in [-0.3, -0.25) is 9.69 Å². The third kappa shape index (κ3) is 3.91. The Labute approximate surface area is 179 Å². The lowest BCUT2D eigenvalue weighted by Gasteiger charge is -2.37. The summed E-state index contributed by atoms with van der Waals surface area (Å²) in [5.74, 6) is -0.450. The number of hydrogen-bond donors (Lipinski definition) is 1. The summed E-state index contributed by atoms with van der Waals surface area (Å²) in [6.45, 7) is 1.29. The monoisotopic (exact) mass is 419 g/mol. The predicted octanol–water partition coefficient (Wildman–Crippen LogP) is 4.74. The summed E-state index contributed by atoms with van der Waals surface area (Å²) in [7, 11) is 0. The van der Waals surface area contributed by atoms with E-state index in [0.29, 0.717) is 11.3 Å². The van der Waals surface area contributed by atoms with E-state index in [2.05, 4.69) is 0 Å². The van der Waals surface area contributed by atoms with Crippen LogP contribution in [0.2, 0.25) is 0 Å². The second-order valence-electron chi connectivity index (χ2n) is 7.02. The molecule has 3 aromatic rings. The van der Waals surface area contributed by atoms with Gasteiger partial charge in [0.2, 0.25) is 0 Å². The third-order valence-electron chi connectivity index (χ3n) is 5.07. The fourth-order valence-corrected chi connectivity index (χ4v) is 4.68. The summed E-state index contributed by atoms with van der Waals surface area (Å²) in [6, 6.07) is 22.2. The maximum Gasteiger partial charge on any atom is 0.342 e. The Morgan fingerprint density at radius 1 is 1.03 bits per heavy atom. The second-order valence-corrected chi connectivity index (χ2v) is 8.08. The van der Waals surface area contributed by atoms with Gasteiger partial charge in [-0.2, -0.15) is 0 Å². The molecule has 0 aliphatic carbocycles. The van der Waals surface area contributed by atoms with E-state index in [9.17, 15) is 14.7 Å². The summed E-state index contributed by atoms with van der Waals surface area (Å²) < 4.78 is 5.28. The smallest absolute Gasteiger partial charge is 0.342 e. The first-order chi connectivity index (χ1) is 14.6. The molecule has 0 saturated carbocycles. The third-order valence-corrected chi connectivity index (χ3v) is 6.21. The molecule has 0 radical (unpaired) electrons. The minimum atomic E-state index is -0.722. The number of carbonyl (C=O) groups is 2. The molecule has 4 rings (SSSR count). The Kier molecular flexibility index (Phi) is 5.77. The van der Waals surface area contributed by atoms with Crippen molar-refractivity contribution in [3.05, 3.63) is 89.5 Å². The lowest BCUT2D eigenvalue weighted by Crippen LogP contribution is -2.41. The summed E-state index contributed by atoms with van der Waals surface area (Å²) >= 11 is 1.70. The van der Waals surface area contributed by atoms with Crippen molar-refractivity contribution < 1.29 is 19.4 Å². The van der Waals surface area contributed by atoms with Crippen LogP contribution < -0.4 is 4.90 Å². The number of carbonyl (C=O) groups excluding carboxylic acids is 2. The number of aryl methyl sites for hydroxylation is 1. The van der Waals surface area contributed by atoms with E-state index in [0.717, 1.165) is 16.1 Å². The largest absolute Gasteiger partial charge is 0.507 e. The summed E-state index contributed by atoms with van der Waals surface area (Å²) in [5, 5.41) is 10.1. The van der Waals surface area contributed by atoms with Crippen LogP contribution in [0.15, 0.2) is 77.7 Å². The molecule has 0 aromatic heterocycles. The zero-order valence-corrected chi connectivity index (χ0v) is 17.3. The number of nitrogens with zero attached hydrogens (tertiary/aromatic N) is 1. The van der Waals surface area contributed by atoms with Crippen LogP contribution in [0.1, 0.15) is 27.5 Å². The lowest BCUT2D eigenvalue weighted by molar-refractivity contribution is -0.122. The zero-order valence-electron chi connectivity index (χ0n) is 16.4. The number of rotatable bonds is 4. The molecule has 1 N–H and O–H groups in total. The van der Waals surface area contributed by atoms with Gasteiger partial charge >= 0.3 is 5.97 Å². The van der Waals surface area contributed by atoms with Crippen LogP contribution in [0, 0.1) is 6.92 Å². The molecule has 0 spiro atoms. The molecule has 0 fully saturated rings. The van der Waals surface area contributed by atoms with E-state index in [4.69, 9.17) is 4.74 Å². The van der Waals surface area contributed by atoms with Gasteiger partial charge in [0.05, 0.1) is 11.7 Å². The minimum Gasteiger partial charge on any atom is -0.507 e. The Hall–Kier alpha value is -3.25. The normalized spacial score (nSPS) is 15.4. The summed E-state index contributed by atoms with van der Waals surface area (Å²) in [5.41, 5.74) is 2.46. The van der Waals surface area contributed by atoms with E-state index < -0.39 is 12.6 Å². The molecule has 0 unspecified atom stereocenters. The number of phenolic OH excluding ortho intramolecular Hbond substituents is 1. The van der Waals surface area contributed by atoms with E-state index in [1.165, 1.54) is 6.07 Å². The molecule has 30 heavy (non-hydrogen) atoms. The Morgan fingerprint density at radius 3 is 2.57 bits per heavy atom. The van der Waals surface area contributed by atoms with Crippen LogP contribution >= 0.6 is 11.8 Å². The van der Waals surface area contributed by atoms with Gasteiger partial charge in [-0.25, -0.2) is 4.79 Å². The van der Waals surface area contributed by atoms with E-state index in [1.54, 1.807) is 35.7 Å². The number of aromatic hydroxyl groups is 1. The second kappa shape index (κ2) is 8.63. The first-order valence-electron chi connectivity index (χ1n) is 9.61. The topological polar surface area (TPSA) is 66.8 Å². The SMILES string of the molecule is Cc1cccc(C(=O)OCC(=O)N2c3ccccc3SC[C@H]2c2ccccc2)c1O. The summed E-state index contributed by atoms with van der Waals surface area (Å²) in [6.07, 6.45) is 0. The first kappa shape index (κ1) is 20.0. The number of fused-ring (bicyclic) bond motifs is 1. The Balaban J connectivity index is 1.58. The van der Waals surface area contributed by atoms with Gasteiger partial charge in [0.15, 0.2) is 6.61 Å². The average molecular weight is 420 g/mol. The van der Waals surface area contributed by atoms with Gasteiger partial charge in [-0.05, 0) is 36.2 Å². The van der Waals surface area contributed by atoms with Crippen molar-refractivity contribution >= 4 is 29.3 Å². The van der Waals surface area contributed by atoms with Gasteiger partial charge in [-0.1, -0.05) is 54.6 Å². The fourth-order valence-electron chi connectivity index (χ4n) is 3.52. The quantitative estimate of drug-likeness (QED) is 0.619. The Morgan fingerprint density at radius 2 is 1.77 bits per heavy atom. The molecule has 1 atom stereocenters. The molecular formula is C24H21NO4S. The number of thioether (sulfide) groups is 1. The molecule has 1 heterocycles. The predicted molar refractivity (Wildman–Crippen MR) is 117 cm³/mol. The van der Waals surface area contributed by atoms with Crippen LogP contribution in [-0.2, 0) is 9.53 Å². The van der Waals surface area contributed by atoms with Crippen LogP contribution in [0.5, 0.6) is 5.75 Å². The molecule has 6 heteroatoms. The lowest BCUT2D eigenvalue weighted by atomic mass is 10.1. The van der Waals surface area contributed by atoms with Gasteiger partial charge in [0.25, 0.3) is 5.91 Å². The molecule has 0 saturated heterocycles. The summed E-state index contributed by atoms with van der Waals surface area (Å²) in [4.78, 5) is 28.4. The van der Waals surface area contributed by atoms with Crippen molar-refractivity contribution in [3.8, 4) is 5.75 Å². The molecule has 1 amide bonds. The minimum absolute atomic E-state index is 0.0528. The molecule has 1 aliphatic rings. The number of benzene rings is 3. The van der Waals surface area contributed by atoms with Gasteiger partial charge in [0, 0.05) is 10.6 Å². The van der Waals surface area contributed by atoms with Crippen molar-refractivity contribution in [2.75, 3.05) is 17.3 Å². The van der Waals surface area contributed by atoms with Crippen molar-refractivity contribution in [3.63, 3.8) is 0 Å². The molecule has 3 aromatic carbocycles. The van der Waals surface area contributed by atoms with E-state index in [-0.39, 0.29) is 23.3 Å². The van der Waals surface area contributed by atoms with Crippen LogP contribution in [0.4, 0.5) is 5.69 Å². The van der Waals surface area contributed by atoms with Crippen LogP contribution in [-0.4, -0.2) is 29.3 Å². The molecule has 5 nitrogen and oxygen atoms in total. The van der Waals surface area contributed by atoms with Crippen LogP contribution in [0.25, 0.3) is 0 Å². The van der Waals surface area contributed by atoms with Gasteiger partial charge < -0.3 is 9.84 Å². The molecular weight excluding hydrogens is 398 g/mol. The number of para-hydroxylation sites is 2. The average Bonchev–Trinajstić information content (AvgIpc) is 2.79.